The Kier molecular flexibility index (Phi) is 1.82. The monoisotopic (exact) mass is 238 g/mol. The standard InChI is InChI=1S/C8H6N4O3S/c13-2-1-3-5(11-12-16-3)6-4(2)7(8(14)15)10-9-6/h2,13H,1H2,(H,9,10)(H,14,15). The minimum atomic E-state index is -1.14. The van der Waals surface area contributed by atoms with Gasteiger partial charge >= 0.3 is 5.97 Å². The van der Waals surface area contributed by atoms with Crippen LogP contribution in [0.25, 0.3) is 11.4 Å². The summed E-state index contributed by atoms with van der Waals surface area (Å²) in [4.78, 5) is 11.7. The van der Waals surface area contributed by atoms with Crippen molar-refractivity contribution >= 4 is 17.5 Å². The number of aliphatic hydroxyl groups is 1. The van der Waals surface area contributed by atoms with Crippen molar-refractivity contribution in [3.63, 3.8) is 0 Å². The number of rotatable bonds is 1. The van der Waals surface area contributed by atoms with Crippen LogP contribution in [0.1, 0.15) is 27.0 Å². The smallest absolute Gasteiger partial charge is 0.354 e. The van der Waals surface area contributed by atoms with Gasteiger partial charge in [0.1, 0.15) is 17.1 Å². The average molecular weight is 238 g/mol. The molecule has 0 saturated heterocycles. The van der Waals surface area contributed by atoms with E-state index in [9.17, 15) is 9.90 Å². The second kappa shape index (κ2) is 3.09. The number of carboxylic acid groups (broad SMARTS) is 1. The molecular weight excluding hydrogens is 232 g/mol. The van der Waals surface area contributed by atoms with Crippen molar-refractivity contribution in [3.8, 4) is 11.4 Å². The molecule has 8 heteroatoms. The molecule has 1 unspecified atom stereocenters. The van der Waals surface area contributed by atoms with E-state index >= 15 is 0 Å². The number of carbonyl (C=O) groups is 1. The van der Waals surface area contributed by atoms with Crippen molar-refractivity contribution in [2.45, 2.75) is 12.5 Å². The fourth-order valence-electron chi connectivity index (χ4n) is 1.82. The Morgan fingerprint density at radius 1 is 1.50 bits per heavy atom. The Balaban J connectivity index is 2.27. The third-order valence-electron chi connectivity index (χ3n) is 2.51. The number of aromatic carboxylic acids is 1. The van der Waals surface area contributed by atoms with Crippen molar-refractivity contribution < 1.29 is 15.0 Å². The Morgan fingerprint density at radius 2 is 2.31 bits per heavy atom. The lowest BCUT2D eigenvalue weighted by Crippen LogP contribution is -2.12. The fourth-order valence-corrected chi connectivity index (χ4v) is 2.50. The molecule has 3 rings (SSSR count). The van der Waals surface area contributed by atoms with Gasteiger partial charge in [-0.1, -0.05) is 4.49 Å². The van der Waals surface area contributed by atoms with Crippen LogP contribution in [0.2, 0.25) is 0 Å². The lowest BCUT2D eigenvalue weighted by Gasteiger charge is -2.15. The number of nitrogens with zero attached hydrogens (tertiary/aromatic N) is 3. The third kappa shape index (κ3) is 1.11. The molecule has 2 aromatic rings. The molecule has 3 N–H and O–H groups in total. The first-order valence-corrected chi connectivity index (χ1v) is 5.27. The van der Waals surface area contributed by atoms with Crippen LogP contribution in [0.4, 0.5) is 0 Å². The second-order valence-electron chi connectivity index (χ2n) is 3.43. The van der Waals surface area contributed by atoms with Gasteiger partial charge in [0.25, 0.3) is 0 Å². The van der Waals surface area contributed by atoms with E-state index in [2.05, 4.69) is 19.8 Å². The molecule has 0 saturated carbocycles. The van der Waals surface area contributed by atoms with Crippen LogP contribution in [0.5, 0.6) is 0 Å². The summed E-state index contributed by atoms with van der Waals surface area (Å²) >= 11 is 1.19. The zero-order valence-corrected chi connectivity index (χ0v) is 8.65. The first kappa shape index (κ1) is 9.43. The second-order valence-corrected chi connectivity index (χ2v) is 4.27. The minimum absolute atomic E-state index is 0.0823. The van der Waals surface area contributed by atoms with Crippen molar-refractivity contribution in [2.75, 3.05) is 0 Å². The number of fused-ring (bicyclic) bond motifs is 3. The van der Waals surface area contributed by atoms with Gasteiger partial charge in [-0.2, -0.15) is 5.10 Å². The van der Waals surface area contributed by atoms with E-state index in [-0.39, 0.29) is 5.69 Å². The quantitative estimate of drug-likeness (QED) is 0.655. The predicted octanol–water partition coefficient (Wildman–Crippen LogP) is 0.216. The number of hydrogen-bond acceptors (Lipinski definition) is 6. The van der Waals surface area contributed by atoms with Gasteiger partial charge in [-0.15, -0.1) is 5.10 Å². The average Bonchev–Trinajstić information content (AvgIpc) is 2.80. The summed E-state index contributed by atoms with van der Waals surface area (Å²) in [6, 6.07) is 0. The molecule has 0 aliphatic heterocycles. The molecule has 2 aromatic heterocycles. The van der Waals surface area contributed by atoms with Crippen molar-refractivity contribution in [1.82, 2.24) is 19.8 Å². The molecule has 2 heterocycles. The number of nitrogens with one attached hydrogen (secondary N) is 1. The van der Waals surface area contributed by atoms with Gasteiger partial charge in [-0.25, -0.2) is 4.79 Å². The Labute approximate surface area is 92.9 Å². The molecule has 0 amide bonds. The maximum atomic E-state index is 10.9. The van der Waals surface area contributed by atoms with E-state index in [1.807, 2.05) is 0 Å². The SMILES string of the molecule is O=C(O)c1[nH]nc2c1C(O)Cc1snnc1-2. The molecule has 0 aromatic carbocycles. The van der Waals surface area contributed by atoms with E-state index in [0.717, 1.165) is 4.88 Å². The molecule has 0 fully saturated rings. The number of aromatic amines is 1. The number of aromatic nitrogens is 4. The highest BCUT2D eigenvalue weighted by Crippen LogP contribution is 2.38. The Bertz CT molecular complexity index is 576. The van der Waals surface area contributed by atoms with E-state index in [0.29, 0.717) is 23.4 Å². The molecule has 0 spiro atoms. The topological polar surface area (TPSA) is 112 Å². The number of carboxylic acids is 1. The zero-order valence-electron chi connectivity index (χ0n) is 7.84. The van der Waals surface area contributed by atoms with Gasteiger partial charge in [0.2, 0.25) is 0 Å². The van der Waals surface area contributed by atoms with E-state index in [1.54, 1.807) is 0 Å². The summed E-state index contributed by atoms with van der Waals surface area (Å²) < 4.78 is 3.77. The first-order valence-electron chi connectivity index (χ1n) is 4.49. The van der Waals surface area contributed by atoms with Crippen LogP contribution in [0.15, 0.2) is 0 Å². The van der Waals surface area contributed by atoms with Crippen LogP contribution >= 0.6 is 11.5 Å². The maximum absolute atomic E-state index is 10.9. The zero-order chi connectivity index (χ0) is 11.3. The van der Waals surface area contributed by atoms with Crippen LogP contribution in [0, 0.1) is 0 Å². The van der Waals surface area contributed by atoms with Gasteiger partial charge < -0.3 is 10.2 Å². The van der Waals surface area contributed by atoms with E-state index in [1.165, 1.54) is 11.5 Å². The summed E-state index contributed by atoms with van der Waals surface area (Å²) in [7, 11) is 0. The van der Waals surface area contributed by atoms with E-state index in [4.69, 9.17) is 5.11 Å². The van der Waals surface area contributed by atoms with Gasteiger partial charge in [0.15, 0.2) is 0 Å². The molecule has 82 valence electrons. The number of H-pyrrole nitrogens is 1. The Hall–Kier alpha value is -1.80. The molecule has 16 heavy (non-hydrogen) atoms. The van der Waals surface area contributed by atoms with Crippen LogP contribution < -0.4 is 0 Å². The van der Waals surface area contributed by atoms with Crippen molar-refractivity contribution in [1.29, 1.82) is 0 Å². The summed E-state index contributed by atoms with van der Waals surface area (Å²) in [5.74, 6) is -1.14. The van der Waals surface area contributed by atoms with Crippen LogP contribution in [-0.4, -0.2) is 36.0 Å². The molecule has 1 aliphatic carbocycles. The van der Waals surface area contributed by atoms with Gasteiger partial charge in [0.05, 0.1) is 11.0 Å². The summed E-state index contributed by atoms with van der Waals surface area (Å²) in [5.41, 5.74) is 1.17. The third-order valence-corrected chi connectivity index (χ3v) is 3.25. The normalized spacial score (nSPS) is 17.9. The van der Waals surface area contributed by atoms with E-state index < -0.39 is 12.1 Å². The van der Waals surface area contributed by atoms with Gasteiger partial charge in [0, 0.05) is 12.0 Å². The number of aliphatic hydroxyl groups excluding tert-OH is 1. The fraction of sp³-hybridized carbons (Fsp3) is 0.250. The Morgan fingerprint density at radius 3 is 3.06 bits per heavy atom. The first-order chi connectivity index (χ1) is 7.68. The van der Waals surface area contributed by atoms with Crippen molar-refractivity contribution in [2.24, 2.45) is 0 Å². The maximum Gasteiger partial charge on any atom is 0.354 e. The molecule has 1 atom stereocenters. The predicted molar refractivity (Wildman–Crippen MR) is 53.1 cm³/mol. The summed E-state index contributed by atoms with van der Waals surface area (Å²) in [5, 5.41) is 29.0. The molecule has 0 radical (unpaired) electrons. The molecule has 7 nitrogen and oxygen atoms in total. The highest BCUT2D eigenvalue weighted by atomic mass is 32.1. The van der Waals surface area contributed by atoms with Crippen molar-refractivity contribution in [3.05, 3.63) is 16.1 Å². The van der Waals surface area contributed by atoms with Gasteiger partial charge in [-0.3, -0.25) is 5.10 Å². The minimum Gasteiger partial charge on any atom is -0.477 e. The lowest BCUT2D eigenvalue weighted by atomic mass is 9.95. The highest BCUT2D eigenvalue weighted by Gasteiger charge is 2.33. The summed E-state index contributed by atoms with van der Waals surface area (Å²) in [6.45, 7) is 0. The van der Waals surface area contributed by atoms with Gasteiger partial charge in [-0.05, 0) is 11.5 Å². The number of hydrogen-bond donors (Lipinski definition) is 3. The van der Waals surface area contributed by atoms with Crippen LogP contribution in [-0.2, 0) is 6.42 Å². The largest absolute Gasteiger partial charge is 0.477 e. The molecule has 0 bridgehead atoms. The molecular formula is C8H6N4O3S. The van der Waals surface area contributed by atoms with Crippen LogP contribution in [0.3, 0.4) is 0 Å². The molecule has 1 aliphatic rings. The lowest BCUT2D eigenvalue weighted by molar-refractivity contribution is 0.0682. The highest BCUT2D eigenvalue weighted by molar-refractivity contribution is 7.06. The summed E-state index contributed by atoms with van der Waals surface area (Å²) in [6.07, 6.45) is -0.533.